The molecule has 0 aliphatic carbocycles. The monoisotopic (exact) mass is 263 g/mol. The molecule has 2 atom stereocenters. The molecule has 4 heteroatoms. The number of aryl methyl sites for hydroxylation is 1. The minimum atomic E-state index is 0.377. The van der Waals surface area contributed by atoms with E-state index in [1.165, 1.54) is 10.4 Å². The van der Waals surface area contributed by atoms with Gasteiger partial charge < -0.3 is 5.32 Å². The molecule has 2 rings (SSSR count). The minimum absolute atomic E-state index is 0.377. The predicted octanol–water partition coefficient (Wildman–Crippen LogP) is 3.03. The molecule has 0 saturated heterocycles. The van der Waals surface area contributed by atoms with Gasteiger partial charge in [-0.25, -0.2) is 0 Å². The Morgan fingerprint density at radius 2 is 2.28 bits per heavy atom. The summed E-state index contributed by atoms with van der Waals surface area (Å²) < 4.78 is 2.04. The molecule has 2 heterocycles. The zero-order valence-corrected chi connectivity index (χ0v) is 12.1. The third-order valence-electron chi connectivity index (χ3n) is 3.29. The molecule has 2 aromatic heterocycles. The van der Waals surface area contributed by atoms with E-state index in [1.54, 1.807) is 0 Å². The number of thiophene rings is 1. The molecule has 0 amide bonds. The molecule has 0 aliphatic heterocycles. The van der Waals surface area contributed by atoms with Gasteiger partial charge in [-0.15, -0.1) is 11.3 Å². The van der Waals surface area contributed by atoms with Crippen LogP contribution in [0.3, 0.4) is 0 Å². The molecule has 0 aromatic carbocycles. The van der Waals surface area contributed by atoms with Crippen LogP contribution in [0.4, 0.5) is 0 Å². The van der Waals surface area contributed by atoms with E-state index in [2.05, 4.69) is 54.9 Å². The van der Waals surface area contributed by atoms with Crippen LogP contribution in [-0.4, -0.2) is 22.4 Å². The van der Waals surface area contributed by atoms with E-state index in [9.17, 15) is 0 Å². The highest BCUT2D eigenvalue weighted by Crippen LogP contribution is 2.12. The van der Waals surface area contributed by atoms with Gasteiger partial charge in [0, 0.05) is 23.7 Å². The lowest BCUT2D eigenvalue weighted by Crippen LogP contribution is -2.35. The van der Waals surface area contributed by atoms with Gasteiger partial charge in [-0.1, -0.05) is 6.07 Å². The van der Waals surface area contributed by atoms with Gasteiger partial charge in [0.25, 0.3) is 0 Å². The van der Waals surface area contributed by atoms with Gasteiger partial charge in [0.05, 0.1) is 12.2 Å². The first-order chi connectivity index (χ1) is 8.66. The number of rotatable bonds is 6. The van der Waals surface area contributed by atoms with Gasteiger partial charge in [0.2, 0.25) is 0 Å². The van der Waals surface area contributed by atoms with Crippen LogP contribution in [-0.2, 0) is 6.42 Å². The van der Waals surface area contributed by atoms with Crippen molar-refractivity contribution in [3.05, 3.63) is 40.3 Å². The Labute approximate surface area is 113 Å². The van der Waals surface area contributed by atoms with Crippen molar-refractivity contribution in [1.29, 1.82) is 0 Å². The minimum Gasteiger partial charge on any atom is -0.312 e. The quantitative estimate of drug-likeness (QED) is 0.868. The number of aromatic nitrogens is 2. The highest BCUT2D eigenvalue weighted by molar-refractivity contribution is 7.09. The third-order valence-corrected chi connectivity index (χ3v) is 4.23. The Balaban J connectivity index is 1.79. The number of hydrogen-bond acceptors (Lipinski definition) is 3. The molecule has 18 heavy (non-hydrogen) atoms. The molecule has 98 valence electrons. The predicted molar refractivity (Wildman–Crippen MR) is 77.2 cm³/mol. The summed E-state index contributed by atoms with van der Waals surface area (Å²) in [7, 11) is 0. The van der Waals surface area contributed by atoms with E-state index < -0.39 is 0 Å². The topological polar surface area (TPSA) is 29.9 Å². The number of nitrogens with zero attached hydrogens (tertiary/aromatic N) is 2. The Bertz CT molecular complexity index is 461. The highest BCUT2D eigenvalue weighted by atomic mass is 32.1. The van der Waals surface area contributed by atoms with E-state index in [4.69, 9.17) is 0 Å². The van der Waals surface area contributed by atoms with Gasteiger partial charge in [0.15, 0.2) is 0 Å². The van der Waals surface area contributed by atoms with Crippen molar-refractivity contribution >= 4 is 11.3 Å². The van der Waals surface area contributed by atoms with Gasteiger partial charge in [0.1, 0.15) is 0 Å². The maximum atomic E-state index is 4.37. The molecular formula is C14H21N3S. The van der Waals surface area contributed by atoms with E-state index >= 15 is 0 Å². The van der Waals surface area contributed by atoms with Crippen molar-refractivity contribution in [2.45, 2.75) is 39.3 Å². The van der Waals surface area contributed by atoms with Crippen molar-refractivity contribution in [1.82, 2.24) is 15.1 Å². The fourth-order valence-electron chi connectivity index (χ4n) is 1.93. The highest BCUT2D eigenvalue weighted by Gasteiger charge is 2.13. The molecule has 2 aromatic rings. The number of hydrogen-bond donors (Lipinski definition) is 1. The maximum Gasteiger partial charge on any atom is 0.0641 e. The van der Waals surface area contributed by atoms with Crippen LogP contribution in [0.5, 0.6) is 0 Å². The van der Waals surface area contributed by atoms with E-state index in [0.29, 0.717) is 12.1 Å². The van der Waals surface area contributed by atoms with Crippen LogP contribution in [0.25, 0.3) is 0 Å². The first-order valence-electron chi connectivity index (χ1n) is 6.43. The summed E-state index contributed by atoms with van der Waals surface area (Å²) in [5.41, 5.74) is 1.22. The molecule has 0 bridgehead atoms. The van der Waals surface area contributed by atoms with E-state index in [-0.39, 0.29) is 0 Å². The summed E-state index contributed by atoms with van der Waals surface area (Å²) in [6, 6.07) is 5.10. The normalized spacial score (nSPS) is 14.6. The Morgan fingerprint density at radius 3 is 2.89 bits per heavy atom. The summed E-state index contributed by atoms with van der Waals surface area (Å²) in [5.74, 6) is 0. The third kappa shape index (κ3) is 3.43. The van der Waals surface area contributed by atoms with Crippen LogP contribution >= 0.6 is 11.3 Å². The zero-order valence-electron chi connectivity index (χ0n) is 11.3. The molecular weight excluding hydrogens is 242 g/mol. The lowest BCUT2D eigenvalue weighted by molar-refractivity contribution is 0.368. The van der Waals surface area contributed by atoms with Crippen LogP contribution < -0.4 is 5.32 Å². The van der Waals surface area contributed by atoms with Crippen molar-refractivity contribution in [2.75, 3.05) is 6.54 Å². The van der Waals surface area contributed by atoms with Gasteiger partial charge in [-0.3, -0.25) is 4.68 Å². The molecule has 1 N–H and O–H groups in total. The molecule has 0 unspecified atom stereocenters. The molecule has 0 saturated carbocycles. The zero-order chi connectivity index (χ0) is 13.0. The fraction of sp³-hybridized carbons (Fsp3) is 0.500. The molecule has 0 spiro atoms. The number of nitrogens with one attached hydrogen (secondary N) is 1. The maximum absolute atomic E-state index is 4.37. The SMILES string of the molecule is Cc1cnn([C@H](C)[C@@H](C)NCCc2cccs2)c1. The second kappa shape index (κ2) is 6.16. The molecule has 0 fully saturated rings. The summed E-state index contributed by atoms with van der Waals surface area (Å²) in [6.07, 6.45) is 5.11. The smallest absolute Gasteiger partial charge is 0.0641 e. The summed E-state index contributed by atoms with van der Waals surface area (Å²) in [6.45, 7) is 7.52. The largest absolute Gasteiger partial charge is 0.312 e. The molecule has 0 aliphatic rings. The van der Waals surface area contributed by atoms with E-state index in [0.717, 1.165) is 13.0 Å². The van der Waals surface area contributed by atoms with Crippen LogP contribution in [0.15, 0.2) is 29.9 Å². The van der Waals surface area contributed by atoms with Crippen LogP contribution in [0, 0.1) is 6.92 Å². The van der Waals surface area contributed by atoms with Gasteiger partial charge in [-0.05, 0) is 44.2 Å². The lowest BCUT2D eigenvalue weighted by Gasteiger charge is -2.21. The molecule has 0 radical (unpaired) electrons. The average Bonchev–Trinajstić information content (AvgIpc) is 2.99. The lowest BCUT2D eigenvalue weighted by atomic mass is 10.1. The van der Waals surface area contributed by atoms with Crippen molar-refractivity contribution < 1.29 is 0 Å². The first kappa shape index (κ1) is 13.3. The first-order valence-corrected chi connectivity index (χ1v) is 7.31. The Kier molecular flexibility index (Phi) is 4.55. The average molecular weight is 263 g/mol. The second-order valence-corrected chi connectivity index (χ2v) is 5.84. The van der Waals surface area contributed by atoms with Crippen molar-refractivity contribution in [2.24, 2.45) is 0 Å². The van der Waals surface area contributed by atoms with Crippen molar-refractivity contribution in [3.63, 3.8) is 0 Å². The Hall–Kier alpha value is -1.13. The standard InChI is InChI=1S/C14H21N3S/c1-11-9-16-17(10-11)13(3)12(2)15-7-6-14-5-4-8-18-14/h4-5,8-10,12-13,15H,6-7H2,1-3H3/t12-,13-/m1/s1. The van der Waals surface area contributed by atoms with Crippen LogP contribution in [0.1, 0.15) is 30.3 Å². The second-order valence-electron chi connectivity index (χ2n) is 4.81. The van der Waals surface area contributed by atoms with Crippen LogP contribution in [0.2, 0.25) is 0 Å². The molecule has 3 nitrogen and oxygen atoms in total. The van der Waals surface area contributed by atoms with Crippen molar-refractivity contribution in [3.8, 4) is 0 Å². The Morgan fingerprint density at radius 1 is 1.44 bits per heavy atom. The van der Waals surface area contributed by atoms with Gasteiger partial charge in [-0.2, -0.15) is 5.10 Å². The van der Waals surface area contributed by atoms with Gasteiger partial charge >= 0.3 is 0 Å². The summed E-state index contributed by atoms with van der Waals surface area (Å²) >= 11 is 1.83. The fourth-order valence-corrected chi connectivity index (χ4v) is 2.64. The summed E-state index contributed by atoms with van der Waals surface area (Å²) in [4.78, 5) is 1.44. The summed E-state index contributed by atoms with van der Waals surface area (Å²) in [5, 5.41) is 10.1. The van der Waals surface area contributed by atoms with E-state index in [1.807, 2.05) is 22.2 Å².